The maximum Gasteiger partial charge on any atom is 0.285 e. The fraction of sp³-hybridized carbons (Fsp3) is 0.400. The van der Waals surface area contributed by atoms with Crippen molar-refractivity contribution in [3.63, 3.8) is 0 Å². The Morgan fingerprint density at radius 1 is 1.39 bits per heavy atom. The Hall–Kier alpha value is -1.12. The average molecular weight is 281 g/mol. The van der Waals surface area contributed by atoms with Gasteiger partial charge in [-0.05, 0) is 13.0 Å². The van der Waals surface area contributed by atoms with Gasteiger partial charge < -0.3 is 5.11 Å². The molecule has 1 aromatic rings. The molecule has 1 atom stereocenters. The summed E-state index contributed by atoms with van der Waals surface area (Å²) in [5, 5.41) is 9.91. The molecule has 1 unspecified atom stereocenters. The molecule has 2 rings (SSSR count). The third-order valence-electron chi connectivity index (χ3n) is 3.14. The van der Waals surface area contributed by atoms with Crippen molar-refractivity contribution in [2.45, 2.75) is 24.0 Å². The van der Waals surface area contributed by atoms with Gasteiger partial charge in [-0.3, -0.25) is 0 Å². The Labute approximate surface area is 102 Å². The maximum atomic E-state index is 13.3. The van der Waals surface area contributed by atoms with Crippen LogP contribution in [0.4, 0.5) is 13.2 Å². The van der Waals surface area contributed by atoms with Crippen molar-refractivity contribution >= 4 is 10.0 Å². The number of aliphatic hydroxyl groups is 1. The highest BCUT2D eigenvalue weighted by Gasteiger charge is 2.57. The van der Waals surface area contributed by atoms with E-state index in [0.717, 1.165) is 26.1 Å². The second kappa shape index (κ2) is 3.69. The van der Waals surface area contributed by atoms with E-state index in [1.807, 2.05) is 0 Å². The number of sulfonamides is 1. The minimum atomic E-state index is -4.33. The van der Waals surface area contributed by atoms with Crippen molar-refractivity contribution in [1.82, 2.24) is 4.31 Å². The first-order valence-corrected chi connectivity index (χ1v) is 6.38. The number of alkyl halides is 2. The summed E-state index contributed by atoms with van der Waals surface area (Å²) < 4.78 is 63.4. The van der Waals surface area contributed by atoms with E-state index < -0.39 is 38.4 Å². The fourth-order valence-electron chi connectivity index (χ4n) is 2.03. The fourth-order valence-corrected chi connectivity index (χ4v) is 3.83. The van der Waals surface area contributed by atoms with Crippen LogP contribution in [0.5, 0.6) is 0 Å². The lowest BCUT2D eigenvalue weighted by atomic mass is 10.0. The number of benzene rings is 1. The first-order valence-electron chi connectivity index (χ1n) is 4.94. The highest BCUT2D eigenvalue weighted by Crippen LogP contribution is 2.46. The molecule has 0 saturated heterocycles. The quantitative estimate of drug-likeness (QED) is 0.841. The predicted molar refractivity (Wildman–Crippen MR) is 56.0 cm³/mol. The number of hydrogen-bond donors (Lipinski definition) is 1. The molecule has 0 aromatic heterocycles. The Morgan fingerprint density at radius 3 is 2.44 bits per heavy atom. The van der Waals surface area contributed by atoms with Crippen LogP contribution >= 0.6 is 0 Å². The molecule has 1 aliphatic rings. The highest BCUT2D eigenvalue weighted by molar-refractivity contribution is 7.89. The van der Waals surface area contributed by atoms with E-state index in [9.17, 15) is 26.7 Å². The lowest BCUT2D eigenvalue weighted by molar-refractivity contribution is -0.160. The van der Waals surface area contributed by atoms with E-state index in [2.05, 4.69) is 0 Å². The van der Waals surface area contributed by atoms with Crippen LogP contribution in [-0.4, -0.2) is 31.3 Å². The van der Waals surface area contributed by atoms with Crippen LogP contribution < -0.4 is 0 Å². The first kappa shape index (κ1) is 13.3. The molecule has 1 heterocycles. The molecule has 1 aromatic carbocycles. The molecule has 0 amide bonds. The molecule has 0 fully saturated rings. The molecule has 4 nitrogen and oxygen atoms in total. The molecule has 18 heavy (non-hydrogen) atoms. The monoisotopic (exact) mass is 281 g/mol. The Morgan fingerprint density at radius 2 is 1.94 bits per heavy atom. The number of halogens is 3. The Balaban J connectivity index is 2.90. The Bertz CT molecular complexity index is 617. The molecule has 100 valence electrons. The summed E-state index contributed by atoms with van der Waals surface area (Å²) in [6.07, 6.45) is -3.34. The van der Waals surface area contributed by atoms with Crippen molar-refractivity contribution in [3.8, 4) is 0 Å². The van der Waals surface area contributed by atoms with Gasteiger partial charge in [-0.15, -0.1) is 0 Å². The van der Waals surface area contributed by atoms with E-state index in [4.69, 9.17) is 0 Å². The standard InChI is InChI=1S/C10H10F3NO3S/c1-5-7(11)4-3-6-8(5)18(16,17)14(2)10(6,15)9(12)13/h3-4,9,15H,1-2H3. The van der Waals surface area contributed by atoms with Crippen LogP contribution in [0.3, 0.4) is 0 Å². The van der Waals surface area contributed by atoms with Gasteiger partial charge in [0.25, 0.3) is 6.43 Å². The smallest absolute Gasteiger partial charge is 0.285 e. The van der Waals surface area contributed by atoms with Crippen molar-refractivity contribution in [3.05, 3.63) is 29.1 Å². The van der Waals surface area contributed by atoms with Gasteiger partial charge in [-0.1, -0.05) is 6.07 Å². The van der Waals surface area contributed by atoms with Crippen LogP contribution in [0.1, 0.15) is 11.1 Å². The molecule has 0 saturated carbocycles. The molecule has 0 aliphatic carbocycles. The summed E-state index contributed by atoms with van der Waals surface area (Å²) in [7, 11) is -3.49. The first-order chi connectivity index (χ1) is 8.15. The van der Waals surface area contributed by atoms with Gasteiger partial charge in [0.15, 0.2) is 0 Å². The lowest BCUT2D eigenvalue weighted by Gasteiger charge is -2.28. The van der Waals surface area contributed by atoms with E-state index in [1.165, 1.54) is 0 Å². The van der Waals surface area contributed by atoms with Gasteiger partial charge in [0.05, 0.1) is 4.90 Å². The van der Waals surface area contributed by atoms with E-state index in [1.54, 1.807) is 0 Å². The molecule has 8 heteroatoms. The molecular weight excluding hydrogens is 271 g/mol. The summed E-state index contributed by atoms with van der Waals surface area (Å²) in [4.78, 5) is -0.590. The minimum Gasteiger partial charge on any atom is -0.366 e. The number of nitrogens with zero attached hydrogens (tertiary/aromatic N) is 1. The molecule has 0 bridgehead atoms. The molecular formula is C10H10F3NO3S. The maximum absolute atomic E-state index is 13.3. The molecule has 0 radical (unpaired) electrons. The second-order valence-electron chi connectivity index (χ2n) is 4.05. The topological polar surface area (TPSA) is 57.6 Å². The second-order valence-corrected chi connectivity index (χ2v) is 5.95. The summed E-state index contributed by atoms with van der Waals surface area (Å²) in [6.45, 7) is 1.16. The zero-order chi connectivity index (χ0) is 13.9. The van der Waals surface area contributed by atoms with E-state index in [0.29, 0.717) is 0 Å². The van der Waals surface area contributed by atoms with Gasteiger partial charge in [-0.2, -0.15) is 4.31 Å². The summed E-state index contributed by atoms with van der Waals surface area (Å²) in [5.41, 5.74) is -3.73. The lowest BCUT2D eigenvalue weighted by Crippen LogP contribution is -2.46. The normalized spacial score (nSPS) is 26.6. The van der Waals surface area contributed by atoms with Gasteiger partial charge in [-0.25, -0.2) is 21.6 Å². The van der Waals surface area contributed by atoms with Crippen molar-refractivity contribution in [2.24, 2.45) is 0 Å². The van der Waals surface area contributed by atoms with Crippen LogP contribution in [0.2, 0.25) is 0 Å². The van der Waals surface area contributed by atoms with Gasteiger partial charge in [0.1, 0.15) is 5.82 Å². The minimum absolute atomic E-state index is 0.168. The predicted octanol–water partition coefficient (Wildman–Crippen LogP) is 1.18. The van der Waals surface area contributed by atoms with Gasteiger partial charge in [0, 0.05) is 18.2 Å². The zero-order valence-electron chi connectivity index (χ0n) is 9.49. The van der Waals surface area contributed by atoms with Crippen LogP contribution in [0.15, 0.2) is 17.0 Å². The molecule has 1 aliphatic heterocycles. The summed E-state index contributed by atoms with van der Waals surface area (Å²) >= 11 is 0. The van der Waals surface area contributed by atoms with Crippen LogP contribution in [-0.2, 0) is 15.7 Å². The highest BCUT2D eigenvalue weighted by atomic mass is 32.2. The number of fused-ring (bicyclic) bond motifs is 1. The third-order valence-corrected chi connectivity index (χ3v) is 5.18. The zero-order valence-corrected chi connectivity index (χ0v) is 10.3. The third kappa shape index (κ3) is 1.36. The van der Waals surface area contributed by atoms with Gasteiger partial charge >= 0.3 is 0 Å². The van der Waals surface area contributed by atoms with Crippen LogP contribution in [0, 0.1) is 12.7 Å². The van der Waals surface area contributed by atoms with Crippen molar-refractivity contribution in [1.29, 1.82) is 0 Å². The number of rotatable bonds is 1. The van der Waals surface area contributed by atoms with Crippen LogP contribution in [0.25, 0.3) is 0 Å². The van der Waals surface area contributed by atoms with Crippen molar-refractivity contribution in [2.75, 3.05) is 7.05 Å². The largest absolute Gasteiger partial charge is 0.366 e. The average Bonchev–Trinajstić information content (AvgIpc) is 2.44. The number of hydrogen-bond acceptors (Lipinski definition) is 3. The van der Waals surface area contributed by atoms with Gasteiger partial charge in [0.2, 0.25) is 15.7 Å². The Kier molecular flexibility index (Phi) is 2.73. The SMILES string of the molecule is Cc1c(F)ccc2c1S(=O)(=O)N(C)C2(O)C(F)F. The molecule has 1 N–H and O–H groups in total. The summed E-state index contributed by atoms with van der Waals surface area (Å²) in [6, 6.07) is 1.72. The van der Waals surface area contributed by atoms with Crippen molar-refractivity contribution < 1.29 is 26.7 Å². The van der Waals surface area contributed by atoms with E-state index in [-0.39, 0.29) is 9.87 Å². The summed E-state index contributed by atoms with van der Waals surface area (Å²) in [5.74, 6) is -0.829. The molecule has 0 spiro atoms. The van der Waals surface area contributed by atoms with E-state index >= 15 is 0 Å².